The zero-order valence-corrected chi connectivity index (χ0v) is 21.1. The molecule has 4 heterocycles. The first-order valence-corrected chi connectivity index (χ1v) is 11.9. The number of nitrogens with one attached hydrogen (secondary N) is 1. The van der Waals surface area contributed by atoms with Crippen LogP contribution < -0.4 is 22.3 Å². The Morgan fingerprint density at radius 3 is 2.19 bits per heavy atom. The molecule has 3 aliphatic heterocycles. The van der Waals surface area contributed by atoms with E-state index in [0.717, 1.165) is 37.1 Å². The number of halogens is 1. The van der Waals surface area contributed by atoms with E-state index in [-0.39, 0.29) is 47.4 Å². The Morgan fingerprint density at radius 1 is 1.00 bits per heavy atom. The van der Waals surface area contributed by atoms with Crippen LogP contribution in [0.2, 0.25) is 0 Å². The van der Waals surface area contributed by atoms with Gasteiger partial charge in [0.2, 0.25) is 11.5 Å². The van der Waals surface area contributed by atoms with Crippen LogP contribution in [0.3, 0.4) is 0 Å². The van der Waals surface area contributed by atoms with Gasteiger partial charge in [0, 0.05) is 29.9 Å². The van der Waals surface area contributed by atoms with E-state index in [0.29, 0.717) is 22.2 Å². The number of aliphatic hydroxyl groups is 1. The van der Waals surface area contributed by atoms with Gasteiger partial charge >= 0.3 is 5.97 Å². The molecule has 1 amide bonds. The number of nitrogens with zero attached hydrogens (tertiary/aromatic N) is 4. The molecule has 10 heteroatoms. The summed E-state index contributed by atoms with van der Waals surface area (Å²) in [5, 5.41) is 14.5. The summed E-state index contributed by atoms with van der Waals surface area (Å²) >= 11 is 0. The number of hydrogen-bond acceptors (Lipinski definition) is 7. The molecule has 1 aromatic heterocycles. The van der Waals surface area contributed by atoms with Crippen molar-refractivity contribution in [2.75, 3.05) is 31.5 Å². The smallest absolute Gasteiger partial charge is 0.348 e. The van der Waals surface area contributed by atoms with Gasteiger partial charge in [-0.25, -0.2) is 19.7 Å². The van der Waals surface area contributed by atoms with E-state index in [1.165, 1.54) is 12.7 Å². The number of piperidine rings is 3. The van der Waals surface area contributed by atoms with Crippen molar-refractivity contribution in [3.63, 3.8) is 0 Å². The van der Waals surface area contributed by atoms with E-state index in [1.807, 2.05) is 36.4 Å². The van der Waals surface area contributed by atoms with E-state index in [4.69, 9.17) is 4.74 Å². The molecule has 3 saturated heterocycles. The van der Waals surface area contributed by atoms with Gasteiger partial charge in [-0.3, -0.25) is 10.1 Å². The molecule has 186 valence electrons. The van der Waals surface area contributed by atoms with Gasteiger partial charge < -0.3 is 31.3 Å². The van der Waals surface area contributed by atoms with Crippen molar-refractivity contribution in [3.8, 4) is 11.1 Å². The molecule has 1 unspecified atom stereocenters. The number of fused-ring (bicyclic) bond motifs is 6. The van der Waals surface area contributed by atoms with Crippen LogP contribution in [-0.2, 0) is 19.9 Å². The predicted molar refractivity (Wildman–Crippen MR) is 126 cm³/mol. The topological polar surface area (TPSA) is 114 Å². The van der Waals surface area contributed by atoms with Crippen LogP contribution in [0.25, 0.3) is 11.1 Å². The van der Waals surface area contributed by atoms with Crippen LogP contribution in [0.1, 0.15) is 24.0 Å². The third kappa shape index (κ3) is 3.99. The van der Waals surface area contributed by atoms with Crippen LogP contribution in [0.15, 0.2) is 61.2 Å². The molecule has 0 saturated carbocycles. The lowest BCUT2D eigenvalue weighted by Gasteiger charge is -2.51. The monoisotopic (exact) mass is 551 g/mol. The molecule has 0 spiro atoms. The summed E-state index contributed by atoms with van der Waals surface area (Å²) in [6.45, 7) is 2.49. The van der Waals surface area contributed by atoms with E-state index in [9.17, 15) is 14.7 Å². The van der Waals surface area contributed by atoms with Crippen molar-refractivity contribution in [2.24, 2.45) is 5.92 Å². The van der Waals surface area contributed by atoms with Crippen molar-refractivity contribution >= 4 is 17.8 Å². The normalized spacial score (nSPS) is 24.7. The zero-order chi connectivity index (χ0) is 24.0. The molecule has 0 radical (unpaired) electrons. The second-order valence-electron chi connectivity index (χ2n) is 9.72. The maximum atomic E-state index is 13.6. The molecule has 2 bridgehead atoms. The number of aromatic nitrogens is 3. The number of anilines is 1. The minimum Gasteiger partial charge on any atom is -1.00 e. The van der Waals surface area contributed by atoms with Gasteiger partial charge in [0.25, 0.3) is 5.91 Å². The summed E-state index contributed by atoms with van der Waals surface area (Å²) < 4.78 is 6.62. The van der Waals surface area contributed by atoms with Crippen molar-refractivity contribution in [1.82, 2.24) is 15.0 Å². The van der Waals surface area contributed by atoms with E-state index >= 15 is 0 Å². The number of benzene rings is 2. The molecule has 9 nitrogen and oxygen atoms in total. The van der Waals surface area contributed by atoms with E-state index in [1.54, 1.807) is 12.1 Å². The van der Waals surface area contributed by atoms with Crippen molar-refractivity contribution in [3.05, 3.63) is 72.3 Å². The number of amides is 1. The molecular formula is C26H26BrN5O4. The molecular weight excluding hydrogens is 526 g/mol. The van der Waals surface area contributed by atoms with Gasteiger partial charge in [-0.1, -0.05) is 48.5 Å². The predicted octanol–water partition coefficient (Wildman–Crippen LogP) is -1.12. The zero-order valence-electron chi connectivity index (χ0n) is 19.5. The van der Waals surface area contributed by atoms with E-state index in [2.05, 4.69) is 20.3 Å². The van der Waals surface area contributed by atoms with Gasteiger partial charge in [0.15, 0.2) is 12.6 Å². The van der Waals surface area contributed by atoms with Crippen LogP contribution in [0.5, 0.6) is 0 Å². The lowest BCUT2D eigenvalue weighted by Crippen LogP contribution is -3.00. The van der Waals surface area contributed by atoms with Gasteiger partial charge in [-0.05, 0) is 11.1 Å². The summed E-state index contributed by atoms with van der Waals surface area (Å²) in [7, 11) is 0. The summed E-state index contributed by atoms with van der Waals surface area (Å²) in [6.07, 6.45) is 4.03. The van der Waals surface area contributed by atoms with E-state index < -0.39 is 11.6 Å². The summed E-state index contributed by atoms with van der Waals surface area (Å²) in [5.74, 6) is -0.389. The third-order valence-electron chi connectivity index (χ3n) is 7.74. The number of esters is 1. The van der Waals surface area contributed by atoms with Crippen molar-refractivity contribution in [2.45, 2.75) is 24.5 Å². The highest BCUT2D eigenvalue weighted by Crippen LogP contribution is 2.48. The minimum atomic E-state index is -1.85. The lowest BCUT2D eigenvalue weighted by molar-refractivity contribution is -0.939. The Labute approximate surface area is 218 Å². The third-order valence-corrected chi connectivity index (χ3v) is 7.74. The number of carbonyl (C=O) groups excluding carboxylic acids is 2. The first-order valence-electron chi connectivity index (χ1n) is 11.9. The standard InChI is InChI=1S/C26H25N5O4.BrH/c32-23(30-25-28-15-27-16-29-25)14-31-11-9-17(10-12-31)22(13-31)35-24(33)26(34)20-7-3-1-5-18(20)19-6-2-4-8-21(19)26;/h1-8,15-17,22,34H,9-14H2;1H. The molecule has 2 aromatic carbocycles. The number of ether oxygens (including phenoxy) is 1. The lowest BCUT2D eigenvalue weighted by atomic mass is 9.82. The number of carbonyl (C=O) groups is 2. The molecule has 4 aliphatic rings. The quantitative estimate of drug-likeness (QED) is 0.305. The molecule has 2 N–H and O–H groups in total. The molecule has 36 heavy (non-hydrogen) atoms. The Morgan fingerprint density at radius 2 is 1.58 bits per heavy atom. The van der Waals surface area contributed by atoms with Crippen molar-refractivity contribution < 1.29 is 40.9 Å². The van der Waals surface area contributed by atoms with Crippen molar-refractivity contribution in [1.29, 1.82) is 0 Å². The second-order valence-corrected chi connectivity index (χ2v) is 9.72. The first-order chi connectivity index (χ1) is 17.0. The largest absolute Gasteiger partial charge is 1.00 e. The van der Waals surface area contributed by atoms with Gasteiger partial charge in [-0.2, -0.15) is 0 Å². The van der Waals surface area contributed by atoms with Gasteiger partial charge in [-0.15, -0.1) is 0 Å². The first kappa shape index (κ1) is 24.5. The van der Waals surface area contributed by atoms with Crippen LogP contribution in [-0.4, -0.2) is 68.7 Å². The summed E-state index contributed by atoms with van der Waals surface area (Å²) in [4.78, 5) is 38.0. The Balaban J connectivity index is 0.00000267. The summed E-state index contributed by atoms with van der Waals surface area (Å²) in [5.41, 5.74) is 0.936. The molecule has 3 fully saturated rings. The minimum absolute atomic E-state index is 0. The fourth-order valence-electron chi connectivity index (χ4n) is 6.00. The Hall–Kier alpha value is -3.21. The second kappa shape index (κ2) is 9.34. The molecule has 3 aromatic rings. The fraction of sp³-hybridized carbons (Fsp3) is 0.346. The number of rotatable bonds is 5. The average Bonchev–Trinajstić information content (AvgIpc) is 3.15. The highest BCUT2D eigenvalue weighted by atomic mass is 79.9. The maximum absolute atomic E-state index is 13.6. The molecule has 1 aliphatic carbocycles. The highest BCUT2D eigenvalue weighted by molar-refractivity contribution is 5.96. The molecule has 7 rings (SSSR count). The Bertz CT molecular complexity index is 1250. The van der Waals surface area contributed by atoms with Gasteiger partial charge in [0.1, 0.15) is 19.2 Å². The maximum Gasteiger partial charge on any atom is 0.348 e. The number of quaternary nitrogens is 1. The van der Waals surface area contributed by atoms with Crippen LogP contribution >= 0.6 is 0 Å². The molecule has 1 atom stereocenters. The summed E-state index contributed by atoms with van der Waals surface area (Å²) in [6, 6.07) is 14.8. The number of hydrogen-bond donors (Lipinski definition) is 2. The Kier molecular flexibility index (Phi) is 6.36. The average molecular weight is 552 g/mol. The highest BCUT2D eigenvalue weighted by Gasteiger charge is 2.53. The van der Waals surface area contributed by atoms with Crippen LogP contribution in [0.4, 0.5) is 5.95 Å². The SMILES string of the molecule is O=C(C[N+]12CCC(CC1)C(OC(=O)C1(O)c3ccccc3-c3ccccc31)C2)Nc1ncncn1.[Br-]. The van der Waals surface area contributed by atoms with Crippen LogP contribution in [0, 0.1) is 5.92 Å². The van der Waals surface area contributed by atoms with Gasteiger partial charge in [0.05, 0.1) is 13.1 Å². The fourth-order valence-corrected chi connectivity index (χ4v) is 6.00.